The van der Waals surface area contributed by atoms with Crippen molar-refractivity contribution in [2.75, 3.05) is 21.3 Å². The van der Waals surface area contributed by atoms with Crippen LogP contribution in [0, 0.1) is 6.92 Å². The van der Waals surface area contributed by atoms with E-state index in [1.54, 1.807) is 6.07 Å². The number of rotatable bonds is 2. The van der Waals surface area contributed by atoms with Crippen molar-refractivity contribution in [3.05, 3.63) is 59.4 Å². The summed E-state index contributed by atoms with van der Waals surface area (Å²) in [5.74, 6) is 0.711. The molecule has 1 aliphatic heterocycles. The van der Waals surface area contributed by atoms with E-state index in [0.717, 1.165) is 16.9 Å². The fraction of sp³-hybridized carbons (Fsp3) is 0.0625. The number of hydrogen-bond donors (Lipinski definition) is 4. The number of halogens is 1. The fourth-order valence-corrected chi connectivity index (χ4v) is 2.38. The molecular weight excluding hydrogens is 300 g/mol. The van der Waals surface area contributed by atoms with Gasteiger partial charge in [-0.05, 0) is 42.8 Å². The van der Waals surface area contributed by atoms with Gasteiger partial charge in [-0.1, -0.05) is 24.2 Å². The van der Waals surface area contributed by atoms with Gasteiger partial charge in [0.1, 0.15) is 5.82 Å². The van der Waals surface area contributed by atoms with Crippen LogP contribution in [0.1, 0.15) is 5.56 Å². The van der Waals surface area contributed by atoms with E-state index in [-0.39, 0.29) is 6.03 Å². The Labute approximate surface area is 133 Å². The highest BCUT2D eigenvalue weighted by Gasteiger charge is 2.13. The van der Waals surface area contributed by atoms with E-state index in [1.807, 2.05) is 37.3 Å². The molecule has 0 fully saturated rings. The van der Waals surface area contributed by atoms with Crippen molar-refractivity contribution in [2.24, 2.45) is 0 Å². The van der Waals surface area contributed by atoms with E-state index < -0.39 is 0 Å². The summed E-state index contributed by atoms with van der Waals surface area (Å²) >= 11 is 6.07. The van der Waals surface area contributed by atoms with Gasteiger partial charge < -0.3 is 21.3 Å². The third-order valence-electron chi connectivity index (χ3n) is 3.22. The van der Waals surface area contributed by atoms with Crippen LogP contribution in [-0.4, -0.2) is 6.03 Å². The Morgan fingerprint density at radius 2 is 1.86 bits per heavy atom. The molecule has 0 saturated carbocycles. The highest BCUT2D eigenvalue weighted by Crippen LogP contribution is 2.32. The van der Waals surface area contributed by atoms with E-state index in [4.69, 9.17) is 11.6 Å². The van der Waals surface area contributed by atoms with Gasteiger partial charge in [0.25, 0.3) is 0 Å². The number of fused-ring (bicyclic) bond motifs is 1. The van der Waals surface area contributed by atoms with E-state index in [1.165, 1.54) is 0 Å². The van der Waals surface area contributed by atoms with Gasteiger partial charge in [0.05, 0.1) is 22.1 Å². The zero-order chi connectivity index (χ0) is 15.7. The number of benzene rings is 2. The molecule has 0 aliphatic carbocycles. The second-order valence-electron chi connectivity index (χ2n) is 5.05. The Bertz CT molecular complexity index is 773. The van der Waals surface area contributed by atoms with Gasteiger partial charge >= 0.3 is 6.03 Å². The summed E-state index contributed by atoms with van der Waals surface area (Å²) in [4.78, 5) is 12.1. The standard InChI is InChI=1S/C16H15ClN4O/c1-9-3-5-12(17)14(7-9)21-16(22)20-11-4-6-13-15(8-11)19-10(2)18-13/h3-8,18-19H,2H2,1H3,(H2,20,21,22). The number of urea groups is 1. The Balaban J connectivity index is 1.71. The second kappa shape index (κ2) is 5.61. The Morgan fingerprint density at radius 1 is 1.09 bits per heavy atom. The molecule has 0 bridgehead atoms. The zero-order valence-corrected chi connectivity index (χ0v) is 12.7. The topological polar surface area (TPSA) is 65.2 Å². The zero-order valence-electron chi connectivity index (χ0n) is 12.0. The van der Waals surface area contributed by atoms with E-state index in [9.17, 15) is 4.79 Å². The highest BCUT2D eigenvalue weighted by molar-refractivity contribution is 6.33. The normalized spacial score (nSPS) is 12.2. The van der Waals surface area contributed by atoms with Crippen molar-refractivity contribution in [2.45, 2.75) is 6.92 Å². The molecule has 0 unspecified atom stereocenters. The lowest BCUT2D eigenvalue weighted by Crippen LogP contribution is -2.19. The third-order valence-corrected chi connectivity index (χ3v) is 3.55. The summed E-state index contributed by atoms with van der Waals surface area (Å²) < 4.78 is 0. The minimum Gasteiger partial charge on any atom is -0.341 e. The SMILES string of the molecule is C=C1Nc2ccc(NC(=O)Nc3cc(C)ccc3Cl)cc2N1. The van der Waals surface area contributed by atoms with Gasteiger partial charge in [0.2, 0.25) is 0 Å². The van der Waals surface area contributed by atoms with Gasteiger partial charge in [-0.25, -0.2) is 4.79 Å². The summed E-state index contributed by atoms with van der Waals surface area (Å²) in [6, 6.07) is 10.6. The molecule has 2 amide bonds. The third kappa shape index (κ3) is 2.99. The van der Waals surface area contributed by atoms with Gasteiger partial charge in [-0.2, -0.15) is 0 Å². The summed E-state index contributed by atoms with van der Waals surface area (Å²) in [5, 5.41) is 12.2. The van der Waals surface area contributed by atoms with Crippen LogP contribution >= 0.6 is 11.6 Å². The van der Waals surface area contributed by atoms with E-state index in [2.05, 4.69) is 27.8 Å². The van der Waals surface area contributed by atoms with Crippen LogP contribution in [0.15, 0.2) is 48.8 Å². The first-order valence-electron chi connectivity index (χ1n) is 6.72. The molecule has 22 heavy (non-hydrogen) atoms. The van der Waals surface area contributed by atoms with Gasteiger partial charge in [0, 0.05) is 5.69 Å². The number of anilines is 4. The lowest BCUT2D eigenvalue weighted by Gasteiger charge is -2.10. The first-order valence-corrected chi connectivity index (χ1v) is 7.10. The lowest BCUT2D eigenvalue weighted by molar-refractivity contribution is 0.262. The molecule has 0 atom stereocenters. The van der Waals surface area contributed by atoms with Crippen molar-refractivity contribution in [1.82, 2.24) is 0 Å². The number of amides is 2. The van der Waals surface area contributed by atoms with Gasteiger partial charge in [0.15, 0.2) is 0 Å². The van der Waals surface area contributed by atoms with Crippen molar-refractivity contribution in [1.29, 1.82) is 0 Å². The Morgan fingerprint density at radius 3 is 2.68 bits per heavy atom. The number of aryl methyl sites for hydroxylation is 1. The summed E-state index contributed by atoms with van der Waals surface area (Å²) in [7, 11) is 0. The van der Waals surface area contributed by atoms with Gasteiger partial charge in [-0.15, -0.1) is 0 Å². The molecule has 2 aromatic carbocycles. The molecule has 3 rings (SSSR count). The average molecular weight is 315 g/mol. The van der Waals surface area contributed by atoms with Crippen molar-refractivity contribution in [3.63, 3.8) is 0 Å². The molecule has 112 valence electrons. The molecule has 1 heterocycles. The van der Waals surface area contributed by atoms with Gasteiger partial charge in [-0.3, -0.25) is 0 Å². The average Bonchev–Trinajstić information content (AvgIpc) is 2.82. The molecule has 6 heteroatoms. The fourth-order valence-electron chi connectivity index (χ4n) is 2.21. The molecular formula is C16H15ClN4O. The first-order chi connectivity index (χ1) is 10.5. The number of hydrogen-bond acceptors (Lipinski definition) is 3. The van der Waals surface area contributed by atoms with E-state index in [0.29, 0.717) is 22.2 Å². The maximum atomic E-state index is 12.1. The van der Waals surface area contributed by atoms with Crippen LogP contribution in [-0.2, 0) is 0 Å². The molecule has 2 aromatic rings. The van der Waals surface area contributed by atoms with Crippen LogP contribution in [0.25, 0.3) is 0 Å². The molecule has 4 N–H and O–H groups in total. The molecule has 0 radical (unpaired) electrons. The Hall–Kier alpha value is -2.66. The number of carbonyl (C=O) groups is 1. The lowest BCUT2D eigenvalue weighted by atomic mass is 10.2. The molecule has 0 saturated heterocycles. The van der Waals surface area contributed by atoms with Crippen LogP contribution in [0.4, 0.5) is 27.5 Å². The predicted octanol–water partition coefficient (Wildman–Crippen LogP) is 4.60. The Kier molecular flexibility index (Phi) is 3.65. The van der Waals surface area contributed by atoms with Crippen molar-refractivity contribution >= 4 is 40.4 Å². The van der Waals surface area contributed by atoms with Crippen molar-refractivity contribution in [3.8, 4) is 0 Å². The first kappa shape index (κ1) is 14.3. The monoisotopic (exact) mass is 314 g/mol. The maximum absolute atomic E-state index is 12.1. The minimum absolute atomic E-state index is 0.350. The van der Waals surface area contributed by atoms with Crippen LogP contribution in [0.2, 0.25) is 5.02 Å². The van der Waals surface area contributed by atoms with Crippen molar-refractivity contribution < 1.29 is 4.79 Å². The summed E-state index contributed by atoms with van der Waals surface area (Å²) in [5.41, 5.74) is 4.07. The van der Waals surface area contributed by atoms with Crippen LogP contribution < -0.4 is 21.3 Å². The second-order valence-corrected chi connectivity index (χ2v) is 5.46. The molecule has 0 spiro atoms. The predicted molar refractivity (Wildman–Crippen MR) is 91.7 cm³/mol. The molecule has 5 nitrogen and oxygen atoms in total. The van der Waals surface area contributed by atoms with E-state index >= 15 is 0 Å². The molecule has 0 aromatic heterocycles. The maximum Gasteiger partial charge on any atom is 0.323 e. The minimum atomic E-state index is -0.350. The number of nitrogens with one attached hydrogen (secondary N) is 4. The molecule has 1 aliphatic rings. The van der Waals surface area contributed by atoms with Crippen LogP contribution in [0.5, 0.6) is 0 Å². The summed E-state index contributed by atoms with van der Waals surface area (Å²) in [6.45, 7) is 5.73. The quantitative estimate of drug-likeness (QED) is 0.655. The number of carbonyl (C=O) groups excluding carboxylic acids is 1. The smallest absolute Gasteiger partial charge is 0.323 e. The highest BCUT2D eigenvalue weighted by atomic mass is 35.5. The van der Waals surface area contributed by atoms with Crippen LogP contribution in [0.3, 0.4) is 0 Å². The largest absolute Gasteiger partial charge is 0.341 e. The summed E-state index contributed by atoms with van der Waals surface area (Å²) in [6.07, 6.45) is 0.